The largest absolute Gasteiger partial charge is 0.239 e. The molecule has 0 atom stereocenters. The molecule has 5 rings (SSSR count). The Morgan fingerprint density at radius 3 is 2.50 bits per heavy atom. The van der Waals surface area contributed by atoms with E-state index in [9.17, 15) is 8.78 Å². The lowest BCUT2D eigenvalue weighted by Crippen LogP contribution is -2.07. The van der Waals surface area contributed by atoms with E-state index in [0.29, 0.717) is 12.8 Å². The van der Waals surface area contributed by atoms with Crippen molar-refractivity contribution in [3.8, 4) is 16.9 Å². The third-order valence-corrected chi connectivity index (χ3v) is 5.59. The summed E-state index contributed by atoms with van der Waals surface area (Å²) < 4.78 is 29.8. The first-order valence-electron chi connectivity index (χ1n) is 9.31. The Kier molecular flexibility index (Phi) is 3.49. The molecule has 3 aromatic rings. The van der Waals surface area contributed by atoms with Gasteiger partial charge in [-0.3, -0.25) is 0 Å². The highest BCUT2D eigenvalue weighted by atomic mass is 19.1. The number of hydrogen-bond donors (Lipinski definition) is 0. The van der Waals surface area contributed by atoms with Gasteiger partial charge in [0.2, 0.25) is 0 Å². The molecule has 0 amide bonds. The molecule has 0 bridgehead atoms. The summed E-state index contributed by atoms with van der Waals surface area (Å²) in [6.45, 7) is 0. The second kappa shape index (κ2) is 5.76. The van der Waals surface area contributed by atoms with Gasteiger partial charge >= 0.3 is 0 Å². The Balaban J connectivity index is 1.65. The first kappa shape index (κ1) is 15.7. The monoisotopic (exact) mass is 350 g/mol. The average Bonchev–Trinajstić information content (AvgIpc) is 3.31. The number of aromatic nitrogens is 2. The fourth-order valence-electron chi connectivity index (χ4n) is 3.97. The van der Waals surface area contributed by atoms with Crippen LogP contribution >= 0.6 is 0 Å². The van der Waals surface area contributed by atoms with Crippen LogP contribution in [0.5, 0.6) is 0 Å². The maximum Gasteiger partial charge on any atom is 0.136 e. The van der Waals surface area contributed by atoms with Gasteiger partial charge in [-0.05, 0) is 74.4 Å². The summed E-state index contributed by atoms with van der Waals surface area (Å²) in [6, 6.07) is 14.2. The van der Waals surface area contributed by atoms with Crippen molar-refractivity contribution in [2.24, 2.45) is 0 Å². The molecule has 1 heterocycles. The quantitative estimate of drug-likeness (QED) is 0.608. The van der Waals surface area contributed by atoms with Crippen LogP contribution in [-0.2, 0) is 18.5 Å². The van der Waals surface area contributed by atoms with E-state index in [1.54, 1.807) is 12.1 Å². The molecule has 0 radical (unpaired) electrons. The van der Waals surface area contributed by atoms with Crippen molar-refractivity contribution in [2.45, 2.75) is 44.2 Å². The molecule has 1 fully saturated rings. The van der Waals surface area contributed by atoms with Crippen LogP contribution in [0.15, 0.2) is 48.5 Å². The van der Waals surface area contributed by atoms with E-state index in [-0.39, 0.29) is 5.82 Å². The lowest BCUT2D eigenvalue weighted by Gasteiger charge is -2.14. The van der Waals surface area contributed by atoms with Gasteiger partial charge in [-0.2, -0.15) is 5.10 Å². The summed E-state index contributed by atoms with van der Waals surface area (Å²) in [7, 11) is 0. The van der Waals surface area contributed by atoms with Crippen LogP contribution in [0.1, 0.15) is 42.5 Å². The van der Waals surface area contributed by atoms with Gasteiger partial charge < -0.3 is 0 Å². The van der Waals surface area contributed by atoms with E-state index in [1.807, 2.05) is 28.9 Å². The van der Waals surface area contributed by atoms with E-state index in [0.717, 1.165) is 48.2 Å². The summed E-state index contributed by atoms with van der Waals surface area (Å²) in [6.07, 6.45) is 5.44. The van der Waals surface area contributed by atoms with Crippen LogP contribution in [0.25, 0.3) is 16.9 Å². The average molecular weight is 350 g/mol. The highest BCUT2D eigenvalue weighted by Gasteiger charge is 2.45. The molecular weight excluding hydrogens is 330 g/mol. The normalized spacial score (nSPS) is 17.8. The third kappa shape index (κ3) is 2.56. The summed E-state index contributed by atoms with van der Waals surface area (Å²) in [5, 5.41) is 4.88. The zero-order chi connectivity index (χ0) is 17.7. The molecular formula is C22H20F2N2. The number of rotatable bonds is 3. The van der Waals surface area contributed by atoms with Crippen molar-refractivity contribution in [3.05, 3.63) is 71.2 Å². The van der Waals surface area contributed by atoms with Gasteiger partial charge in [0, 0.05) is 16.8 Å². The lowest BCUT2D eigenvalue weighted by molar-refractivity contribution is 0.317. The summed E-state index contributed by atoms with van der Waals surface area (Å²) in [5.41, 5.74) is 4.86. The van der Waals surface area contributed by atoms with Gasteiger partial charge in [-0.15, -0.1) is 0 Å². The number of nitrogens with zero attached hydrogens (tertiary/aromatic N) is 2. The molecule has 132 valence electrons. The molecule has 4 heteroatoms. The highest BCUT2D eigenvalue weighted by molar-refractivity contribution is 5.66. The van der Waals surface area contributed by atoms with Crippen LogP contribution in [0, 0.1) is 5.82 Å². The van der Waals surface area contributed by atoms with Crippen LogP contribution in [0.3, 0.4) is 0 Å². The topological polar surface area (TPSA) is 17.8 Å². The molecule has 2 aromatic carbocycles. The second-order valence-electron chi connectivity index (χ2n) is 7.42. The maximum atomic E-state index is 14.5. The van der Waals surface area contributed by atoms with Crippen molar-refractivity contribution < 1.29 is 8.78 Å². The van der Waals surface area contributed by atoms with Gasteiger partial charge in [0.1, 0.15) is 11.5 Å². The molecule has 26 heavy (non-hydrogen) atoms. The van der Waals surface area contributed by atoms with Crippen molar-refractivity contribution in [2.75, 3.05) is 0 Å². The fourth-order valence-corrected chi connectivity index (χ4v) is 3.97. The smallest absolute Gasteiger partial charge is 0.136 e. The van der Waals surface area contributed by atoms with Crippen LogP contribution < -0.4 is 0 Å². The van der Waals surface area contributed by atoms with Gasteiger partial charge in [-0.1, -0.05) is 18.2 Å². The Hall–Kier alpha value is -2.49. The van der Waals surface area contributed by atoms with Gasteiger partial charge in [0.05, 0.1) is 11.4 Å². The standard InChI is InChI=1S/C22H20F2N2/c23-17-8-10-18(11-9-17)26-20-7-2-1-6-19(20)21(25-26)15-4-3-5-16(14-15)22(24)12-13-22/h3-5,8-11,14H,1-2,6-7,12-13H2. The zero-order valence-corrected chi connectivity index (χ0v) is 14.5. The first-order valence-corrected chi connectivity index (χ1v) is 9.31. The first-order chi connectivity index (χ1) is 12.6. The van der Waals surface area contributed by atoms with Crippen LogP contribution in [-0.4, -0.2) is 9.78 Å². The molecule has 1 aromatic heterocycles. The molecule has 2 aliphatic carbocycles. The van der Waals surface area contributed by atoms with Crippen molar-refractivity contribution >= 4 is 0 Å². The van der Waals surface area contributed by atoms with E-state index < -0.39 is 5.67 Å². The summed E-state index contributed by atoms with van der Waals surface area (Å²) in [5.74, 6) is -0.250. The number of alkyl halides is 1. The van der Waals surface area contributed by atoms with Crippen molar-refractivity contribution in [1.82, 2.24) is 9.78 Å². The minimum absolute atomic E-state index is 0.250. The lowest BCUT2D eigenvalue weighted by atomic mass is 9.92. The maximum absolute atomic E-state index is 14.5. The number of fused-ring (bicyclic) bond motifs is 1. The molecule has 0 saturated heterocycles. The molecule has 2 nitrogen and oxygen atoms in total. The molecule has 1 saturated carbocycles. The summed E-state index contributed by atoms with van der Waals surface area (Å²) >= 11 is 0. The Bertz CT molecular complexity index is 968. The van der Waals surface area contributed by atoms with Gasteiger partial charge in [-0.25, -0.2) is 13.5 Å². The molecule has 0 N–H and O–H groups in total. The van der Waals surface area contributed by atoms with E-state index in [4.69, 9.17) is 5.10 Å². The van der Waals surface area contributed by atoms with E-state index in [1.165, 1.54) is 23.4 Å². The van der Waals surface area contributed by atoms with Crippen LogP contribution in [0.4, 0.5) is 8.78 Å². The van der Waals surface area contributed by atoms with Crippen LogP contribution in [0.2, 0.25) is 0 Å². The highest BCUT2D eigenvalue weighted by Crippen LogP contribution is 2.50. The molecule has 0 spiro atoms. The van der Waals surface area contributed by atoms with E-state index >= 15 is 0 Å². The number of hydrogen-bond acceptors (Lipinski definition) is 1. The zero-order valence-electron chi connectivity index (χ0n) is 14.5. The molecule has 2 aliphatic rings. The Labute approximate surface area is 151 Å². The minimum Gasteiger partial charge on any atom is -0.239 e. The number of benzene rings is 2. The van der Waals surface area contributed by atoms with E-state index in [2.05, 4.69) is 0 Å². The molecule has 0 unspecified atom stereocenters. The Morgan fingerprint density at radius 2 is 1.73 bits per heavy atom. The predicted molar refractivity (Wildman–Crippen MR) is 97.6 cm³/mol. The fraction of sp³-hybridized carbons (Fsp3) is 0.318. The minimum atomic E-state index is -1.14. The Morgan fingerprint density at radius 1 is 0.962 bits per heavy atom. The SMILES string of the molecule is Fc1ccc(-n2nc(-c3cccc(C4(F)CC4)c3)c3c2CCCC3)cc1. The van der Waals surface area contributed by atoms with Gasteiger partial charge in [0.15, 0.2) is 0 Å². The number of halogens is 2. The second-order valence-corrected chi connectivity index (χ2v) is 7.42. The molecule has 0 aliphatic heterocycles. The van der Waals surface area contributed by atoms with Crippen molar-refractivity contribution in [1.29, 1.82) is 0 Å². The third-order valence-electron chi connectivity index (χ3n) is 5.59. The van der Waals surface area contributed by atoms with Crippen molar-refractivity contribution in [3.63, 3.8) is 0 Å². The summed E-state index contributed by atoms with van der Waals surface area (Å²) in [4.78, 5) is 0. The predicted octanol–water partition coefficient (Wildman–Crippen LogP) is 5.52. The van der Waals surface area contributed by atoms with Gasteiger partial charge in [0.25, 0.3) is 0 Å².